The summed E-state index contributed by atoms with van der Waals surface area (Å²) in [6.07, 6.45) is 9.88. The first kappa shape index (κ1) is 15.6. The summed E-state index contributed by atoms with van der Waals surface area (Å²) in [6, 6.07) is 0. The predicted molar refractivity (Wildman–Crippen MR) is 89.0 cm³/mol. The van der Waals surface area contributed by atoms with Crippen molar-refractivity contribution in [1.82, 2.24) is 0 Å². The Morgan fingerprint density at radius 2 is 1.86 bits per heavy atom. The average molecular weight is 290 g/mol. The Kier molecular flexibility index (Phi) is 3.80. The highest BCUT2D eigenvalue weighted by Crippen LogP contribution is 2.62. The number of hydrogen-bond donors (Lipinski definition) is 1. The summed E-state index contributed by atoms with van der Waals surface area (Å²) in [6.45, 7) is 11.8. The smallest absolute Gasteiger partial charge is 0.0650 e. The SMILES string of the molecule is CC1=CCC[C@]2(C)CC[C@@H]3[C@@H]([C@@H](C(C)C)CC[C@]3(C)O)[C@H]12. The molecule has 0 spiro atoms. The molecule has 0 aliphatic heterocycles. The van der Waals surface area contributed by atoms with Crippen molar-refractivity contribution in [2.24, 2.45) is 35.0 Å². The zero-order chi connectivity index (χ0) is 15.4. The van der Waals surface area contributed by atoms with Crippen LogP contribution in [0.5, 0.6) is 0 Å². The van der Waals surface area contributed by atoms with Crippen molar-refractivity contribution in [1.29, 1.82) is 0 Å². The van der Waals surface area contributed by atoms with Crippen molar-refractivity contribution in [2.75, 3.05) is 0 Å². The molecule has 0 unspecified atom stereocenters. The van der Waals surface area contributed by atoms with Crippen LogP contribution in [0.4, 0.5) is 0 Å². The lowest BCUT2D eigenvalue weighted by atomic mass is 9.46. The van der Waals surface area contributed by atoms with Crippen molar-refractivity contribution in [3.05, 3.63) is 11.6 Å². The van der Waals surface area contributed by atoms with E-state index in [-0.39, 0.29) is 0 Å². The van der Waals surface area contributed by atoms with Gasteiger partial charge in [0.15, 0.2) is 0 Å². The molecule has 2 saturated carbocycles. The number of fused-ring (bicyclic) bond motifs is 3. The second kappa shape index (κ2) is 5.11. The second-order valence-corrected chi connectivity index (χ2v) is 9.14. The number of allylic oxidation sites excluding steroid dienone is 2. The molecule has 1 heteroatoms. The van der Waals surface area contributed by atoms with E-state index in [1.54, 1.807) is 5.57 Å². The largest absolute Gasteiger partial charge is 0.390 e. The highest BCUT2D eigenvalue weighted by molar-refractivity contribution is 5.19. The minimum Gasteiger partial charge on any atom is -0.390 e. The van der Waals surface area contributed by atoms with E-state index >= 15 is 0 Å². The Balaban J connectivity index is 2.03. The maximum Gasteiger partial charge on any atom is 0.0650 e. The van der Waals surface area contributed by atoms with Crippen LogP contribution in [0.25, 0.3) is 0 Å². The summed E-state index contributed by atoms with van der Waals surface area (Å²) >= 11 is 0. The highest BCUT2D eigenvalue weighted by atomic mass is 16.3. The first-order valence-electron chi connectivity index (χ1n) is 9.15. The Morgan fingerprint density at radius 1 is 1.14 bits per heavy atom. The Hall–Kier alpha value is -0.300. The Bertz CT molecular complexity index is 433. The lowest BCUT2D eigenvalue weighted by Crippen LogP contribution is -2.56. The molecule has 0 radical (unpaired) electrons. The summed E-state index contributed by atoms with van der Waals surface area (Å²) in [7, 11) is 0. The zero-order valence-electron chi connectivity index (χ0n) is 14.7. The third-order valence-electron chi connectivity index (χ3n) is 7.43. The first-order chi connectivity index (χ1) is 9.76. The van der Waals surface area contributed by atoms with Gasteiger partial charge in [-0.1, -0.05) is 32.4 Å². The van der Waals surface area contributed by atoms with Gasteiger partial charge in [0, 0.05) is 0 Å². The molecule has 2 fully saturated rings. The van der Waals surface area contributed by atoms with E-state index in [9.17, 15) is 5.11 Å². The molecular weight excluding hydrogens is 256 g/mol. The third kappa shape index (κ3) is 2.40. The van der Waals surface area contributed by atoms with Crippen LogP contribution in [0, 0.1) is 35.0 Å². The van der Waals surface area contributed by atoms with E-state index in [4.69, 9.17) is 0 Å². The molecule has 0 heterocycles. The summed E-state index contributed by atoms with van der Waals surface area (Å²) in [5.74, 6) is 3.46. The molecule has 0 aromatic carbocycles. The number of rotatable bonds is 1. The topological polar surface area (TPSA) is 20.2 Å². The van der Waals surface area contributed by atoms with Crippen LogP contribution in [0.15, 0.2) is 11.6 Å². The van der Waals surface area contributed by atoms with E-state index < -0.39 is 5.60 Å². The monoisotopic (exact) mass is 290 g/mol. The molecule has 6 atom stereocenters. The van der Waals surface area contributed by atoms with Crippen LogP contribution in [0.3, 0.4) is 0 Å². The van der Waals surface area contributed by atoms with Crippen molar-refractivity contribution < 1.29 is 5.11 Å². The molecule has 120 valence electrons. The highest BCUT2D eigenvalue weighted by Gasteiger charge is 2.56. The number of aliphatic hydroxyl groups is 1. The van der Waals surface area contributed by atoms with E-state index in [1.807, 2.05) is 0 Å². The lowest BCUT2D eigenvalue weighted by Gasteiger charge is -2.60. The molecule has 21 heavy (non-hydrogen) atoms. The van der Waals surface area contributed by atoms with Crippen molar-refractivity contribution in [3.63, 3.8) is 0 Å². The van der Waals surface area contributed by atoms with Gasteiger partial charge in [-0.25, -0.2) is 0 Å². The molecule has 1 N–H and O–H groups in total. The van der Waals surface area contributed by atoms with Crippen LogP contribution in [0.2, 0.25) is 0 Å². The summed E-state index contributed by atoms with van der Waals surface area (Å²) < 4.78 is 0. The van der Waals surface area contributed by atoms with Gasteiger partial charge in [0.1, 0.15) is 0 Å². The van der Waals surface area contributed by atoms with Gasteiger partial charge < -0.3 is 5.11 Å². The van der Waals surface area contributed by atoms with E-state index in [2.05, 4.69) is 40.7 Å². The van der Waals surface area contributed by atoms with Crippen molar-refractivity contribution in [2.45, 2.75) is 78.7 Å². The third-order valence-corrected chi connectivity index (χ3v) is 7.43. The van der Waals surface area contributed by atoms with Crippen LogP contribution in [-0.2, 0) is 0 Å². The quantitative estimate of drug-likeness (QED) is 0.659. The number of hydrogen-bond acceptors (Lipinski definition) is 1. The van der Waals surface area contributed by atoms with E-state index in [1.165, 1.54) is 32.1 Å². The lowest BCUT2D eigenvalue weighted by molar-refractivity contribution is -0.145. The van der Waals surface area contributed by atoms with Crippen LogP contribution in [0.1, 0.15) is 73.1 Å². The van der Waals surface area contributed by atoms with Gasteiger partial charge in [0.25, 0.3) is 0 Å². The van der Waals surface area contributed by atoms with Gasteiger partial charge in [0.05, 0.1) is 5.60 Å². The normalized spacial score (nSPS) is 50.3. The molecule has 3 aliphatic rings. The van der Waals surface area contributed by atoms with Crippen molar-refractivity contribution in [3.8, 4) is 0 Å². The van der Waals surface area contributed by atoms with Gasteiger partial charge in [-0.2, -0.15) is 0 Å². The van der Waals surface area contributed by atoms with Gasteiger partial charge >= 0.3 is 0 Å². The van der Waals surface area contributed by atoms with Crippen LogP contribution < -0.4 is 0 Å². The minimum absolute atomic E-state index is 0.435. The fourth-order valence-electron chi connectivity index (χ4n) is 6.31. The average Bonchev–Trinajstić information content (AvgIpc) is 2.36. The Labute approximate surface area is 131 Å². The predicted octanol–water partition coefficient (Wildman–Crippen LogP) is 5.19. The van der Waals surface area contributed by atoms with Gasteiger partial charge in [0.2, 0.25) is 0 Å². The van der Waals surface area contributed by atoms with Crippen molar-refractivity contribution >= 4 is 0 Å². The van der Waals surface area contributed by atoms with Gasteiger partial charge in [-0.3, -0.25) is 0 Å². The molecule has 3 aliphatic carbocycles. The molecule has 1 nitrogen and oxygen atoms in total. The van der Waals surface area contributed by atoms with E-state index in [0.717, 1.165) is 18.3 Å². The molecule has 0 aromatic heterocycles. The van der Waals surface area contributed by atoms with Crippen LogP contribution in [-0.4, -0.2) is 10.7 Å². The summed E-state index contributed by atoms with van der Waals surface area (Å²) in [5.41, 5.74) is 1.68. The van der Waals surface area contributed by atoms with Gasteiger partial charge in [-0.05, 0) is 87.4 Å². The zero-order valence-corrected chi connectivity index (χ0v) is 14.7. The maximum absolute atomic E-state index is 11.0. The molecule has 0 bridgehead atoms. The molecular formula is C20H34O. The molecule has 0 amide bonds. The fourth-order valence-corrected chi connectivity index (χ4v) is 6.31. The standard InChI is InChI=1S/C20H34O/c1-13(2)15-8-12-20(5,21)16-9-11-19(4)10-6-7-14(3)18(19)17(15)16/h7,13,15-18,21H,6,8-12H2,1-5H3/t15-,16-,17-,18+,19-,20+/m1/s1. The minimum atomic E-state index is -0.435. The van der Waals surface area contributed by atoms with Crippen LogP contribution >= 0.6 is 0 Å². The summed E-state index contributed by atoms with van der Waals surface area (Å²) in [4.78, 5) is 0. The molecule has 0 aromatic rings. The van der Waals surface area contributed by atoms with E-state index in [0.29, 0.717) is 23.2 Å². The molecule has 3 rings (SSSR count). The van der Waals surface area contributed by atoms with Gasteiger partial charge in [-0.15, -0.1) is 0 Å². The first-order valence-corrected chi connectivity index (χ1v) is 9.15. The second-order valence-electron chi connectivity index (χ2n) is 9.14. The molecule has 0 saturated heterocycles. The fraction of sp³-hybridized carbons (Fsp3) is 0.900. The summed E-state index contributed by atoms with van der Waals surface area (Å²) in [5, 5.41) is 11.0. The Morgan fingerprint density at radius 3 is 2.52 bits per heavy atom. The maximum atomic E-state index is 11.0.